The van der Waals surface area contributed by atoms with Gasteiger partial charge in [0.25, 0.3) is 0 Å². The SMILES string of the molecule is NNC(=O)N=Nc1ccc(-c2cccnn2)cc1. The van der Waals surface area contributed by atoms with Gasteiger partial charge in [0.1, 0.15) is 0 Å². The van der Waals surface area contributed by atoms with E-state index < -0.39 is 6.03 Å². The van der Waals surface area contributed by atoms with E-state index in [1.54, 1.807) is 18.3 Å². The summed E-state index contributed by atoms with van der Waals surface area (Å²) in [6, 6.07) is 10.0. The number of hydrogen-bond acceptors (Lipinski definition) is 5. The van der Waals surface area contributed by atoms with Gasteiger partial charge in [0, 0.05) is 11.8 Å². The van der Waals surface area contributed by atoms with Gasteiger partial charge >= 0.3 is 6.03 Å². The van der Waals surface area contributed by atoms with Gasteiger partial charge < -0.3 is 0 Å². The van der Waals surface area contributed by atoms with Crippen molar-refractivity contribution in [2.75, 3.05) is 0 Å². The van der Waals surface area contributed by atoms with Crippen molar-refractivity contribution in [2.24, 2.45) is 16.1 Å². The van der Waals surface area contributed by atoms with Gasteiger partial charge in [-0.05, 0) is 24.3 Å². The molecule has 3 N–H and O–H groups in total. The summed E-state index contributed by atoms with van der Waals surface area (Å²) in [5, 5.41) is 14.8. The van der Waals surface area contributed by atoms with Gasteiger partial charge in [-0.3, -0.25) is 5.43 Å². The molecule has 0 saturated carbocycles. The number of hydrogen-bond donors (Lipinski definition) is 2. The number of benzene rings is 1. The zero-order chi connectivity index (χ0) is 12.8. The molecule has 1 heterocycles. The van der Waals surface area contributed by atoms with Gasteiger partial charge in [-0.1, -0.05) is 17.2 Å². The Labute approximate surface area is 103 Å². The second-order valence-corrected chi connectivity index (χ2v) is 3.31. The maximum absolute atomic E-state index is 10.8. The fraction of sp³-hybridized carbons (Fsp3) is 0. The van der Waals surface area contributed by atoms with Gasteiger partial charge in [-0.2, -0.15) is 10.2 Å². The average Bonchev–Trinajstić information content (AvgIpc) is 2.46. The third kappa shape index (κ3) is 2.92. The normalized spacial score (nSPS) is 10.5. The molecule has 0 aliphatic carbocycles. The van der Waals surface area contributed by atoms with Gasteiger partial charge in [0.15, 0.2) is 0 Å². The van der Waals surface area contributed by atoms with E-state index >= 15 is 0 Å². The van der Waals surface area contributed by atoms with Crippen LogP contribution in [0.1, 0.15) is 0 Å². The van der Waals surface area contributed by atoms with Gasteiger partial charge in [0.05, 0.1) is 11.4 Å². The van der Waals surface area contributed by atoms with Crippen LogP contribution in [0.15, 0.2) is 52.8 Å². The smallest absolute Gasteiger partial charge is 0.273 e. The molecule has 1 aromatic heterocycles. The number of aromatic nitrogens is 2. The number of nitrogens with one attached hydrogen (secondary N) is 1. The molecule has 7 nitrogen and oxygen atoms in total. The molecule has 0 radical (unpaired) electrons. The summed E-state index contributed by atoms with van der Waals surface area (Å²) >= 11 is 0. The molecule has 0 bridgehead atoms. The number of rotatable bonds is 2. The highest BCUT2D eigenvalue weighted by Crippen LogP contribution is 2.20. The van der Waals surface area contributed by atoms with Crippen LogP contribution >= 0.6 is 0 Å². The minimum absolute atomic E-state index is 0.547. The van der Waals surface area contributed by atoms with Crippen molar-refractivity contribution in [1.82, 2.24) is 15.6 Å². The number of azo groups is 1. The zero-order valence-corrected chi connectivity index (χ0v) is 9.32. The molecule has 18 heavy (non-hydrogen) atoms. The van der Waals surface area contributed by atoms with Crippen LogP contribution in [-0.2, 0) is 0 Å². The third-order valence-electron chi connectivity index (χ3n) is 2.12. The minimum Gasteiger partial charge on any atom is -0.273 e. The van der Waals surface area contributed by atoms with Crippen LogP contribution in [0.5, 0.6) is 0 Å². The Kier molecular flexibility index (Phi) is 3.67. The molecule has 2 amide bonds. The van der Waals surface area contributed by atoms with E-state index in [2.05, 4.69) is 20.4 Å². The van der Waals surface area contributed by atoms with Gasteiger partial charge in [-0.15, -0.1) is 5.11 Å². The number of carbonyl (C=O) groups excluding carboxylic acids is 1. The number of urea groups is 1. The molecule has 90 valence electrons. The second-order valence-electron chi connectivity index (χ2n) is 3.31. The highest BCUT2D eigenvalue weighted by atomic mass is 16.2. The van der Waals surface area contributed by atoms with E-state index in [9.17, 15) is 4.79 Å². The van der Waals surface area contributed by atoms with Crippen LogP contribution in [0, 0.1) is 0 Å². The third-order valence-corrected chi connectivity index (χ3v) is 2.12. The lowest BCUT2D eigenvalue weighted by Gasteiger charge is -1.99. The van der Waals surface area contributed by atoms with Crippen LogP contribution in [0.3, 0.4) is 0 Å². The largest absolute Gasteiger partial charge is 0.373 e. The van der Waals surface area contributed by atoms with Crippen LogP contribution in [0.2, 0.25) is 0 Å². The lowest BCUT2D eigenvalue weighted by molar-refractivity contribution is 0.248. The maximum atomic E-state index is 10.8. The summed E-state index contributed by atoms with van der Waals surface area (Å²) in [7, 11) is 0. The number of carbonyl (C=O) groups is 1. The summed E-state index contributed by atoms with van der Waals surface area (Å²) in [6.07, 6.45) is 1.61. The first-order chi connectivity index (χ1) is 8.79. The van der Waals surface area contributed by atoms with Crippen molar-refractivity contribution in [3.05, 3.63) is 42.6 Å². The first-order valence-corrected chi connectivity index (χ1v) is 5.10. The number of nitrogens with zero attached hydrogens (tertiary/aromatic N) is 4. The Balaban J connectivity index is 2.16. The lowest BCUT2D eigenvalue weighted by atomic mass is 10.1. The van der Waals surface area contributed by atoms with Crippen molar-refractivity contribution < 1.29 is 4.79 Å². The van der Waals surface area contributed by atoms with Crippen LogP contribution in [-0.4, -0.2) is 16.2 Å². The molecule has 2 rings (SSSR count). The molecule has 0 unspecified atom stereocenters. The number of hydrazine groups is 1. The maximum Gasteiger partial charge on any atom is 0.373 e. The van der Waals surface area contributed by atoms with E-state index in [1.165, 1.54) is 0 Å². The van der Waals surface area contributed by atoms with Crippen molar-refractivity contribution in [3.63, 3.8) is 0 Å². The molecule has 0 spiro atoms. The Morgan fingerprint density at radius 2 is 2.00 bits per heavy atom. The van der Waals surface area contributed by atoms with E-state index in [-0.39, 0.29) is 0 Å². The minimum atomic E-state index is -0.701. The van der Waals surface area contributed by atoms with Crippen molar-refractivity contribution in [3.8, 4) is 11.3 Å². The summed E-state index contributed by atoms with van der Waals surface area (Å²) < 4.78 is 0. The van der Waals surface area contributed by atoms with Crippen molar-refractivity contribution in [1.29, 1.82) is 0 Å². The number of amides is 2. The summed E-state index contributed by atoms with van der Waals surface area (Å²) in [5.41, 5.74) is 4.07. The Bertz CT molecular complexity index is 552. The Morgan fingerprint density at radius 3 is 2.61 bits per heavy atom. The van der Waals surface area contributed by atoms with Crippen LogP contribution < -0.4 is 11.3 Å². The lowest BCUT2D eigenvalue weighted by Crippen LogP contribution is -2.26. The molecular formula is C11H10N6O. The molecule has 2 aromatic rings. The standard InChI is InChI=1S/C11H10N6O/c12-14-11(18)17-15-9-5-3-8(4-6-9)10-2-1-7-13-16-10/h1-7H,12H2,(H,14,18). The molecule has 7 heteroatoms. The predicted molar refractivity (Wildman–Crippen MR) is 64.7 cm³/mol. The fourth-order valence-corrected chi connectivity index (χ4v) is 1.29. The molecule has 0 aliphatic rings. The highest BCUT2D eigenvalue weighted by molar-refractivity contribution is 5.73. The second kappa shape index (κ2) is 5.60. The Hall–Kier alpha value is -2.67. The fourth-order valence-electron chi connectivity index (χ4n) is 1.29. The van der Waals surface area contributed by atoms with E-state index in [1.807, 2.05) is 29.7 Å². The number of nitrogens with two attached hydrogens (primary N) is 1. The molecule has 0 atom stereocenters. The van der Waals surface area contributed by atoms with Crippen LogP contribution in [0.4, 0.5) is 10.5 Å². The molecule has 0 fully saturated rings. The zero-order valence-electron chi connectivity index (χ0n) is 9.32. The van der Waals surface area contributed by atoms with E-state index in [0.29, 0.717) is 5.69 Å². The van der Waals surface area contributed by atoms with Crippen molar-refractivity contribution in [2.45, 2.75) is 0 Å². The van der Waals surface area contributed by atoms with E-state index in [4.69, 9.17) is 5.84 Å². The predicted octanol–water partition coefficient (Wildman–Crippen LogP) is 1.81. The van der Waals surface area contributed by atoms with Crippen molar-refractivity contribution >= 4 is 11.7 Å². The summed E-state index contributed by atoms with van der Waals surface area (Å²) in [5.74, 6) is 4.87. The average molecular weight is 242 g/mol. The Morgan fingerprint density at radius 1 is 1.22 bits per heavy atom. The molecular weight excluding hydrogens is 232 g/mol. The summed E-state index contributed by atoms with van der Waals surface area (Å²) in [4.78, 5) is 10.8. The van der Waals surface area contributed by atoms with Crippen LogP contribution in [0.25, 0.3) is 11.3 Å². The molecule has 0 saturated heterocycles. The monoisotopic (exact) mass is 242 g/mol. The quantitative estimate of drug-likeness (QED) is 0.362. The molecule has 0 aliphatic heterocycles. The first-order valence-electron chi connectivity index (χ1n) is 5.10. The first kappa shape index (κ1) is 11.8. The van der Waals surface area contributed by atoms with E-state index in [0.717, 1.165) is 11.3 Å². The highest BCUT2D eigenvalue weighted by Gasteiger charge is 1.99. The van der Waals surface area contributed by atoms with Gasteiger partial charge in [-0.25, -0.2) is 10.6 Å². The topological polar surface area (TPSA) is 106 Å². The molecule has 1 aromatic carbocycles. The van der Waals surface area contributed by atoms with Gasteiger partial charge in [0.2, 0.25) is 0 Å². The summed E-state index contributed by atoms with van der Waals surface area (Å²) in [6.45, 7) is 0.